The van der Waals surface area contributed by atoms with Crippen LogP contribution in [0.3, 0.4) is 0 Å². The van der Waals surface area contributed by atoms with Gasteiger partial charge in [0.1, 0.15) is 18.4 Å². The zero-order valence-corrected chi connectivity index (χ0v) is 19.1. The third-order valence-electron chi connectivity index (χ3n) is 5.25. The van der Waals surface area contributed by atoms with E-state index in [1.807, 2.05) is 61.5 Å². The summed E-state index contributed by atoms with van der Waals surface area (Å²) in [6.07, 6.45) is 2.21. The average molecular weight is 450 g/mol. The number of aromatic nitrogens is 3. The predicted octanol–water partition coefficient (Wildman–Crippen LogP) is 4.52. The van der Waals surface area contributed by atoms with Crippen LogP contribution >= 0.6 is 11.8 Å². The number of carbonyl (C=O) groups excluding carboxylic acids is 1. The number of carbonyl (C=O) groups is 1. The Morgan fingerprint density at radius 3 is 2.78 bits per heavy atom. The van der Waals surface area contributed by atoms with E-state index < -0.39 is 11.9 Å². The number of ether oxygens (including phenoxy) is 1. The summed E-state index contributed by atoms with van der Waals surface area (Å²) in [6, 6.07) is 17.2. The molecule has 0 spiro atoms. The van der Waals surface area contributed by atoms with Gasteiger partial charge in [0.25, 0.3) is 0 Å². The highest BCUT2D eigenvalue weighted by atomic mass is 32.2. The molecule has 0 saturated heterocycles. The summed E-state index contributed by atoms with van der Waals surface area (Å²) < 4.78 is 7.76. The topological polar surface area (TPSA) is 95.1 Å². The maximum absolute atomic E-state index is 12.4. The first-order chi connectivity index (χ1) is 15.6. The number of anilines is 1. The Morgan fingerprint density at radius 1 is 1.22 bits per heavy atom. The molecule has 2 heterocycles. The highest BCUT2D eigenvalue weighted by Gasteiger charge is 2.33. The van der Waals surface area contributed by atoms with Crippen LogP contribution in [0.15, 0.2) is 71.0 Å². The number of allylic oxidation sites excluding steroid dienone is 1. The second kappa shape index (κ2) is 9.91. The van der Waals surface area contributed by atoms with Crippen LogP contribution in [0, 0.1) is 0 Å². The van der Waals surface area contributed by atoms with Gasteiger partial charge in [-0.25, -0.2) is 4.68 Å². The first-order valence-electron chi connectivity index (χ1n) is 10.7. The summed E-state index contributed by atoms with van der Waals surface area (Å²) >= 11 is 1.61. The van der Waals surface area contributed by atoms with E-state index in [2.05, 4.69) is 17.2 Å². The van der Waals surface area contributed by atoms with Crippen LogP contribution in [0.1, 0.15) is 43.9 Å². The Balaban J connectivity index is 1.65. The number of nitrogens with one attached hydrogen (secondary N) is 1. The van der Waals surface area contributed by atoms with Gasteiger partial charge in [0.05, 0.1) is 5.57 Å². The minimum Gasteiger partial charge on any atom is -0.489 e. The van der Waals surface area contributed by atoms with E-state index in [0.717, 1.165) is 29.7 Å². The van der Waals surface area contributed by atoms with Gasteiger partial charge in [-0.1, -0.05) is 67.6 Å². The summed E-state index contributed by atoms with van der Waals surface area (Å²) in [7, 11) is 0. The SMILES string of the molecule is CCCCSc1nc2n(n1)C(c1cccc(OCc3ccccc3)c1)C(C(N)=O)=C(C)N2. The van der Waals surface area contributed by atoms with Crippen LogP contribution in [-0.2, 0) is 11.4 Å². The summed E-state index contributed by atoms with van der Waals surface area (Å²) in [5, 5.41) is 8.56. The van der Waals surface area contributed by atoms with E-state index in [0.29, 0.717) is 34.7 Å². The molecule has 1 aliphatic rings. The summed E-state index contributed by atoms with van der Waals surface area (Å²) in [6.45, 7) is 4.45. The Hall–Kier alpha value is -3.26. The maximum atomic E-state index is 12.4. The molecule has 0 aliphatic carbocycles. The number of hydrogen-bond acceptors (Lipinski definition) is 6. The van der Waals surface area contributed by atoms with Crippen molar-refractivity contribution in [3.63, 3.8) is 0 Å². The lowest BCUT2D eigenvalue weighted by Crippen LogP contribution is -2.31. The Labute approximate surface area is 192 Å². The van der Waals surface area contributed by atoms with Crippen LogP contribution < -0.4 is 15.8 Å². The molecule has 3 N–H and O–H groups in total. The smallest absolute Gasteiger partial charge is 0.248 e. The minimum atomic E-state index is -0.489. The van der Waals surface area contributed by atoms with E-state index in [9.17, 15) is 4.79 Å². The summed E-state index contributed by atoms with van der Waals surface area (Å²) in [4.78, 5) is 17.0. The van der Waals surface area contributed by atoms with Gasteiger partial charge < -0.3 is 15.8 Å². The van der Waals surface area contributed by atoms with E-state index in [4.69, 9.17) is 15.6 Å². The largest absolute Gasteiger partial charge is 0.489 e. The Kier molecular flexibility index (Phi) is 6.80. The molecule has 1 aliphatic heterocycles. The van der Waals surface area contributed by atoms with Crippen LogP contribution in [-0.4, -0.2) is 26.4 Å². The third kappa shape index (κ3) is 4.80. The number of nitrogens with zero attached hydrogens (tertiary/aromatic N) is 3. The van der Waals surface area contributed by atoms with E-state index in [1.165, 1.54) is 0 Å². The lowest BCUT2D eigenvalue weighted by Gasteiger charge is -2.27. The van der Waals surface area contributed by atoms with Crippen molar-refractivity contribution >= 4 is 23.6 Å². The van der Waals surface area contributed by atoms with Crippen LogP contribution in [0.4, 0.5) is 5.95 Å². The number of rotatable bonds is 9. The summed E-state index contributed by atoms with van der Waals surface area (Å²) in [5.41, 5.74) is 8.88. The number of fused-ring (bicyclic) bond motifs is 1. The predicted molar refractivity (Wildman–Crippen MR) is 127 cm³/mol. The fourth-order valence-electron chi connectivity index (χ4n) is 3.64. The second-order valence-electron chi connectivity index (χ2n) is 7.64. The fraction of sp³-hybridized carbons (Fsp3) is 0.292. The molecule has 3 aromatic rings. The molecule has 1 amide bonds. The zero-order chi connectivity index (χ0) is 22.5. The normalized spacial score (nSPS) is 15.2. The van der Waals surface area contributed by atoms with Crippen molar-refractivity contribution in [2.45, 2.75) is 44.5 Å². The molecule has 4 rings (SSSR count). The van der Waals surface area contributed by atoms with Crippen LogP contribution in [0.5, 0.6) is 5.75 Å². The highest BCUT2D eigenvalue weighted by molar-refractivity contribution is 7.99. The van der Waals surface area contributed by atoms with Crippen molar-refractivity contribution in [3.8, 4) is 5.75 Å². The second-order valence-corrected chi connectivity index (χ2v) is 8.70. The van der Waals surface area contributed by atoms with Gasteiger partial charge in [0, 0.05) is 11.4 Å². The van der Waals surface area contributed by atoms with E-state index in [1.54, 1.807) is 16.4 Å². The van der Waals surface area contributed by atoms with Crippen molar-refractivity contribution in [3.05, 3.63) is 77.0 Å². The third-order valence-corrected chi connectivity index (χ3v) is 6.17. The van der Waals surface area contributed by atoms with Gasteiger partial charge in [0.15, 0.2) is 0 Å². The van der Waals surface area contributed by atoms with Gasteiger partial charge in [-0.05, 0) is 36.6 Å². The molecule has 32 heavy (non-hydrogen) atoms. The number of nitrogens with two attached hydrogens (primary N) is 1. The number of unbranched alkanes of at least 4 members (excludes halogenated alkanes) is 1. The van der Waals surface area contributed by atoms with Gasteiger partial charge in [0.2, 0.25) is 17.0 Å². The molecule has 1 aromatic heterocycles. The van der Waals surface area contributed by atoms with Gasteiger partial charge >= 0.3 is 0 Å². The molecule has 1 atom stereocenters. The standard InChI is InChI=1S/C24H27N5O2S/c1-3-4-13-32-24-27-23-26-16(2)20(22(25)30)21(29(23)28-24)18-11-8-12-19(14-18)31-15-17-9-6-5-7-10-17/h5-12,14,21H,3-4,13,15H2,1-2H3,(H2,25,30)(H,26,27,28). The van der Waals surface area contributed by atoms with Crippen molar-refractivity contribution in [2.24, 2.45) is 5.73 Å². The highest BCUT2D eigenvalue weighted by Crippen LogP contribution is 2.37. The Bertz CT molecular complexity index is 1130. The number of hydrogen-bond donors (Lipinski definition) is 2. The molecule has 8 heteroatoms. The lowest BCUT2D eigenvalue weighted by molar-refractivity contribution is -0.115. The molecule has 2 aromatic carbocycles. The molecule has 166 valence electrons. The first-order valence-corrected chi connectivity index (χ1v) is 11.7. The lowest BCUT2D eigenvalue weighted by atomic mass is 9.95. The molecule has 0 fully saturated rings. The van der Waals surface area contributed by atoms with Gasteiger partial charge in [-0.3, -0.25) is 4.79 Å². The minimum absolute atomic E-state index is 0.459. The number of primary amides is 1. The molecule has 0 radical (unpaired) electrons. The molecule has 1 unspecified atom stereocenters. The number of thioether (sulfide) groups is 1. The Morgan fingerprint density at radius 2 is 2.03 bits per heavy atom. The van der Waals surface area contributed by atoms with Crippen LogP contribution in [0.25, 0.3) is 0 Å². The summed E-state index contributed by atoms with van der Waals surface area (Å²) in [5.74, 6) is 1.78. The van der Waals surface area contributed by atoms with Gasteiger partial charge in [-0.15, -0.1) is 5.10 Å². The molecule has 7 nitrogen and oxygen atoms in total. The quantitative estimate of drug-likeness (QED) is 0.368. The molecule has 0 saturated carbocycles. The monoisotopic (exact) mass is 449 g/mol. The molecule has 0 bridgehead atoms. The van der Waals surface area contributed by atoms with Crippen LogP contribution in [0.2, 0.25) is 0 Å². The number of amides is 1. The van der Waals surface area contributed by atoms with E-state index in [-0.39, 0.29) is 0 Å². The number of benzene rings is 2. The molecular weight excluding hydrogens is 422 g/mol. The average Bonchev–Trinajstić information content (AvgIpc) is 3.19. The van der Waals surface area contributed by atoms with Gasteiger partial charge in [-0.2, -0.15) is 4.98 Å². The van der Waals surface area contributed by atoms with Crippen molar-refractivity contribution < 1.29 is 9.53 Å². The maximum Gasteiger partial charge on any atom is 0.248 e. The molecular formula is C24H27N5O2S. The van der Waals surface area contributed by atoms with E-state index >= 15 is 0 Å². The van der Waals surface area contributed by atoms with Crippen molar-refractivity contribution in [1.29, 1.82) is 0 Å². The zero-order valence-electron chi connectivity index (χ0n) is 18.2. The fourth-order valence-corrected chi connectivity index (χ4v) is 4.56. The van der Waals surface area contributed by atoms with Crippen molar-refractivity contribution in [1.82, 2.24) is 14.8 Å². The first kappa shape index (κ1) is 22.0. The van der Waals surface area contributed by atoms with Crippen molar-refractivity contribution in [2.75, 3.05) is 11.1 Å².